The molecule has 1 aliphatic rings. The smallest absolute Gasteiger partial charge is 0.245 e. The maximum atomic E-state index is 6.35. The lowest BCUT2D eigenvalue weighted by atomic mass is 9.99. The van der Waals surface area contributed by atoms with E-state index >= 15 is 0 Å². The highest BCUT2D eigenvalue weighted by Crippen LogP contribution is 2.29. The summed E-state index contributed by atoms with van der Waals surface area (Å²) in [4.78, 5) is 6.81. The number of anilines is 1. The predicted molar refractivity (Wildman–Crippen MR) is 85.6 cm³/mol. The Morgan fingerprint density at radius 1 is 1.48 bits per heavy atom. The predicted octanol–water partition coefficient (Wildman–Crippen LogP) is 2.61. The Bertz CT molecular complexity index is 624. The molecule has 5 nitrogen and oxygen atoms in total. The van der Waals surface area contributed by atoms with Crippen LogP contribution >= 0.6 is 11.6 Å². The SMILES string of the molecule is Cc1cccc(-c2nc(N3CCCC(CN)C3)n[nH]2)c1Cl. The molecule has 21 heavy (non-hydrogen) atoms. The highest BCUT2D eigenvalue weighted by molar-refractivity contribution is 6.33. The fourth-order valence-corrected chi connectivity index (χ4v) is 3.00. The Kier molecular flexibility index (Phi) is 4.12. The largest absolute Gasteiger partial charge is 0.339 e. The summed E-state index contributed by atoms with van der Waals surface area (Å²) < 4.78 is 0. The zero-order chi connectivity index (χ0) is 14.8. The van der Waals surface area contributed by atoms with Crippen molar-refractivity contribution in [1.82, 2.24) is 15.2 Å². The first-order valence-electron chi connectivity index (χ1n) is 7.32. The lowest BCUT2D eigenvalue weighted by Crippen LogP contribution is -2.38. The van der Waals surface area contributed by atoms with Crippen molar-refractivity contribution >= 4 is 17.5 Å². The number of benzene rings is 1. The topological polar surface area (TPSA) is 70.8 Å². The Morgan fingerprint density at radius 2 is 2.33 bits per heavy atom. The van der Waals surface area contributed by atoms with Crippen LogP contribution in [-0.2, 0) is 0 Å². The maximum absolute atomic E-state index is 6.35. The van der Waals surface area contributed by atoms with E-state index in [2.05, 4.69) is 20.1 Å². The Balaban J connectivity index is 1.85. The summed E-state index contributed by atoms with van der Waals surface area (Å²) in [7, 11) is 0. The van der Waals surface area contributed by atoms with E-state index in [1.165, 1.54) is 6.42 Å². The molecule has 2 heterocycles. The van der Waals surface area contributed by atoms with Gasteiger partial charge in [0.05, 0.1) is 5.02 Å². The number of nitrogens with zero attached hydrogens (tertiary/aromatic N) is 3. The molecule has 1 unspecified atom stereocenters. The third-order valence-corrected chi connectivity index (χ3v) is 4.56. The van der Waals surface area contributed by atoms with Gasteiger partial charge in [-0.05, 0) is 43.9 Å². The quantitative estimate of drug-likeness (QED) is 0.914. The molecule has 2 aromatic rings. The Hall–Kier alpha value is -1.59. The van der Waals surface area contributed by atoms with E-state index in [1.54, 1.807) is 0 Å². The summed E-state index contributed by atoms with van der Waals surface area (Å²) in [5.41, 5.74) is 7.71. The zero-order valence-corrected chi connectivity index (χ0v) is 12.9. The number of hydrogen-bond donors (Lipinski definition) is 2. The van der Waals surface area contributed by atoms with Crippen LogP contribution in [0, 0.1) is 12.8 Å². The second-order valence-electron chi connectivity index (χ2n) is 5.61. The van der Waals surface area contributed by atoms with Crippen molar-refractivity contribution in [1.29, 1.82) is 0 Å². The van der Waals surface area contributed by atoms with Gasteiger partial charge in [-0.15, -0.1) is 5.10 Å². The minimum absolute atomic E-state index is 0.531. The van der Waals surface area contributed by atoms with Crippen molar-refractivity contribution in [3.63, 3.8) is 0 Å². The van der Waals surface area contributed by atoms with Crippen molar-refractivity contribution < 1.29 is 0 Å². The number of piperidine rings is 1. The van der Waals surface area contributed by atoms with Gasteiger partial charge in [-0.3, -0.25) is 5.10 Å². The number of halogens is 1. The molecule has 112 valence electrons. The molecule has 0 saturated carbocycles. The minimum atomic E-state index is 0.531. The van der Waals surface area contributed by atoms with Gasteiger partial charge in [0.25, 0.3) is 0 Å². The van der Waals surface area contributed by atoms with Gasteiger partial charge in [0.15, 0.2) is 5.82 Å². The van der Waals surface area contributed by atoms with Crippen LogP contribution in [0.1, 0.15) is 18.4 Å². The molecule has 1 atom stereocenters. The van der Waals surface area contributed by atoms with Gasteiger partial charge >= 0.3 is 0 Å². The summed E-state index contributed by atoms with van der Waals surface area (Å²) in [6.07, 6.45) is 2.32. The number of aromatic nitrogens is 3. The summed E-state index contributed by atoms with van der Waals surface area (Å²) in [5, 5.41) is 8.07. The van der Waals surface area contributed by atoms with E-state index in [0.29, 0.717) is 11.7 Å². The van der Waals surface area contributed by atoms with E-state index in [4.69, 9.17) is 17.3 Å². The monoisotopic (exact) mass is 305 g/mol. The standard InChI is InChI=1S/C15H20ClN5/c1-10-4-2-6-12(13(10)16)14-18-15(20-19-14)21-7-3-5-11(8-17)9-21/h2,4,6,11H,3,5,7-9,17H2,1H3,(H,18,19,20). The summed E-state index contributed by atoms with van der Waals surface area (Å²) in [5.74, 6) is 1.98. The molecule has 6 heteroatoms. The van der Waals surface area contributed by atoms with Crippen LogP contribution in [0.3, 0.4) is 0 Å². The number of nitrogens with one attached hydrogen (secondary N) is 1. The van der Waals surface area contributed by atoms with Crippen LogP contribution in [0.2, 0.25) is 5.02 Å². The molecule has 1 saturated heterocycles. The fourth-order valence-electron chi connectivity index (χ4n) is 2.78. The van der Waals surface area contributed by atoms with E-state index < -0.39 is 0 Å². The van der Waals surface area contributed by atoms with Gasteiger partial charge < -0.3 is 10.6 Å². The molecule has 0 radical (unpaired) electrons. The second-order valence-corrected chi connectivity index (χ2v) is 5.99. The van der Waals surface area contributed by atoms with Crippen molar-refractivity contribution in [2.45, 2.75) is 19.8 Å². The second kappa shape index (κ2) is 6.03. The van der Waals surface area contributed by atoms with Crippen LogP contribution in [-0.4, -0.2) is 34.8 Å². The van der Waals surface area contributed by atoms with Crippen molar-refractivity contribution in [3.8, 4) is 11.4 Å². The van der Waals surface area contributed by atoms with Crippen LogP contribution in [0.15, 0.2) is 18.2 Å². The van der Waals surface area contributed by atoms with Gasteiger partial charge in [0.2, 0.25) is 5.95 Å². The molecular formula is C15H20ClN5. The number of hydrogen-bond acceptors (Lipinski definition) is 4. The molecule has 0 spiro atoms. The minimum Gasteiger partial charge on any atom is -0.339 e. The van der Waals surface area contributed by atoms with E-state index in [0.717, 1.165) is 48.2 Å². The first kappa shape index (κ1) is 14.4. The third kappa shape index (κ3) is 2.89. The highest BCUT2D eigenvalue weighted by Gasteiger charge is 2.22. The summed E-state index contributed by atoms with van der Waals surface area (Å²) in [6.45, 7) is 4.61. The Labute approximate surface area is 129 Å². The maximum Gasteiger partial charge on any atom is 0.245 e. The number of nitrogens with two attached hydrogens (primary N) is 1. The van der Waals surface area contributed by atoms with E-state index in [9.17, 15) is 0 Å². The molecule has 1 aromatic carbocycles. The van der Waals surface area contributed by atoms with E-state index in [1.807, 2.05) is 25.1 Å². The molecule has 1 aliphatic heterocycles. The van der Waals surface area contributed by atoms with Crippen LogP contribution in [0.25, 0.3) is 11.4 Å². The van der Waals surface area contributed by atoms with Crippen LogP contribution in [0.4, 0.5) is 5.95 Å². The number of H-pyrrole nitrogens is 1. The molecule has 1 aromatic heterocycles. The normalized spacial score (nSPS) is 19.0. The average molecular weight is 306 g/mol. The van der Waals surface area contributed by atoms with Gasteiger partial charge in [0.1, 0.15) is 0 Å². The highest BCUT2D eigenvalue weighted by atomic mass is 35.5. The molecule has 1 fully saturated rings. The zero-order valence-electron chi connectivity index (χ0n) is 12.1. The molecule has 3 N–H and O–H groups in total. The number of aromatic amines is 1. The van der Waals surface area contributed by atoms with Crippen molar-refractivity contribution in [2.24, 2.45) is 11.7 Å². The first-order valence-corrected chi connectivity index (χ1v) is 7.69. The van der Waals surface area contributed by atoms with Gasteiger partial charge in [-0.1, -0.05) is 23.7 Å². The lowest BCUT2D eigenvalue weighted by molar-refractivity contribution is 0.420. The Morgan fingerprint density at radius 3 is 3.14 bits per heavy atom. The number of rotatable bonds is 3. The van der Waals surface area contributed by atoms with Crippen molar-refractivity contribution in [2.75, 3.05) is 24.5 Å². The summed E-state index contributed by atoms with van der Waals surface area (Å²) in [6, 6.07) is 5.92. The van der Waals surface area contributed by atoms with Gasteiger partial charge in [0, 0.05) is 18.7 Å². The lowest BCUT2D eigenvalue weighted by Gasteiger charge is -2.31. The molecule has 0 aliphatic carbocycles. The number of aryl methyl sites for hydroxylation is 1. The van der Waals surface area contributed by atoms with Crippen molar-refractivity contribution in [3.05, 3.63) is 28.8 Å². The van der Waals surface area contributed by atoms with E-state index in [-0.39, 0.29) is 0 Å². The molecule has 0 bridgehead atoms. The third-order valence-electron chi connectivity index (χ3n) is 4.06. The fraction of sp³-hybridized carbons (Fsp3) is 0.467. The first-order chi connectivity index (χ1) is 10.2. The van der Waals surface area contributed by atoms with Crippen LogP contribution in [0.5, 0.6) is 0 Å². The van der Waals surface area contributed by atoms with Gasteiger partial charge in [-0.25, -0.2) is 0 Å². The average Bonchev–Trinajstić information content (AvgIpc) is 3.00. The van der Waals surface area contributed by atoms with Crippen LogP contribution < -0.4 is 10.6 Å². The van der Waals surface area contributed by atoms with Gasteiger partial charge in [-0.2, -0.15) is 4.98 Å². The molecule has 0 amide bonds. The molecule has 3 rings (SSSR count). The molecular weight excluding hydrogens is 286 g/mol. The summed E-state index contributed by atoms with van der Waals surface area (Å²) >= 11 is 6.35.